The summed E-state index contributed by atoms with van der Waals surface area (Å²) >= 11 is 0. The molecule has 100 valence electrons. The van der Waals surface area contributed by atoms with Crippen molar-refractivity contribution >= 4 is 5.82 Å². The molecular formula is C13H16N4O2. The molecular weight excluding hydrogens is 244 g/mol. The molecule has 0 spiro atoms. The maximum absolute atomic E-state index is 8.66. The quantitative estimate of drug-likeness (QED) is 0.661. The molecule has 19 heavy (non-hydrogen) atoms. The second kappa shape index (κ2) is 6.67. The average molecular weight is 260 g/mol. The smallest absolute Gasteiger partial charge is 0.318 e. The first kappa shape index (κ1) is 13.3. The lowest BCUT2D eigenvalue weighted by molar-refractivity contribution is 0.259. The molecule has 0 unspecified atom stereocenters. The first-order valence-corrected chi connectivity index (χ1v) is 5.88. The number of nitrogens with one attached hydrogen (secondary N) is 1. The molecule has 0 saturated heterocycles. The normalized spacial score (nSPS) is 10.4. The summed E-state index contributed by atoms with van der Waals surface area (Å²) in [6.07, 6.45) is 1.56. The molecule has 0 atom stereocenters. The Morgan fingerprint density at radius 3 is 2.58 bits per heavy atom. The first-order chi connectivity index (χ1) is 9.28. The van der Waals surface area contributed by atoms with Crippen molar-refractivity contribution in [3.05, 3.63) is 47.7 Å². The zero-order valence-corrected chi connectivity index (χ0v) is 10.4. The van der Waals surface area contributed by atoms with E-state index >= 15 is 0 Å². The van der Waals surface area contributed by atoms with Gasteiger partial charge in [0.05, 0.1) is 6.73 Å². The Balaban J connectivity index is 1.89. The Labute approximate surface area is 111 Å². The Morgan fingerprint density at radius 1 is 1.16 bits per heavy atom. The summed E-state index contributed by atoms with van der Waals surface area (Å²) in [6.45, 7) is 0.991. The molecule has 0 radical (unpaired) electrons. The predicted molar refractivity (Wildman–Crippen MR) is 71.1 cm³/mol. The van der Waals surface area contributed by atoms with Crippen LogP contribution in [0.4, 0.5) is 5.82 Å². The van der Waals surface area contributed by atoms with Crippen molar-refractivity contribution in [2.75, 3.05) is 12.5 Å². The largest absolute Gasteiger partial charge is 0.459 e. The van der Waals surface area contributed by atoms with Crippen molar-refractivity contribution in [2.24, 2.45) is 0 Å². The Kier molecular flexibility index (Phi) is 4.66. The first-order valence-electron chi connectivity index (χ1n) is 5.88. The van der Waals surface area contributed by atoms with Gasteiger partial charge in [-0.15, -0.1) is 0 Å². The van der Waals surface area contributed by atoms with Crippen LogP contribution in [0, 0.1) is 0 Å². The fraction of sp³-hybridized carbons (Fsp3) is 0.231. The van der Waals surface area contributed by atoms with Gasteiger partial charge in [-0.2, -0.15) is 4.98 Å². The van der Waals surface area contributed by atoms with Gasteiger partial charge in [-0.3, -0.25) is 5.32 Å². The molecule has 0 amide bonds. The summed E-state index contributed by atoms with van der Waals surface area (Å²) in [7, 11) is 0. The van der Waals surface area contributed by atoms with E-state index in [0.717, 1.165) is 11.1 Å². The summed E-state index contributed by atoms with van der Waals surface area (Å²) in [4.78, 5) is 7.91. The van der Waals surface area contributed by atoms with Crippen LogP contribution < -0.4 is 15.8 Å². The third kappa shape index (κ3) is 4.20. The zero-order chi connectivity index (χ0) is 13.5. The SMILES string of the molecule is Nc1ccnc(OCc2ccc(CNCO)cc2)n1. The molecule has 1 heterocycles. The van der Waals surface area contributed by atoms with Gasteiger partial charge in [0.25, 0.3) is 0 Å². The van der Waals surface area contributed by atoms with Gasteiger partial charge in [0, 0.05) is 12.7 Å². The number of aliphatic hydroxyl groups excluding tert-OH is 1. The van der Waals surface area contributed by atoms with Crippen molar-refractivity contribution in [1.29, 1.82) is 0 Å². The molecule has 4 N–H and O–H groups in total. The highest BCUT2D eigenvalue weighted by molar-refractivity contribution is 5.27. The summed E-state index contributed by atoms with van der Waals surface area (Å²) in [5, 5.41) is 11.5. The number of nitrogen functional groups attached to an aromatic ring is 1. The van der Waals surface area contributed by atoms with E-state index in [1.165, 1.54) is 0 Å². The molecule has 0 bridgehead atoms. The molecule has 2 aromatic rings. The predicted octanol–water partition coefficient (Wildman–Crippen LogP) is 0.677. The van der Waals surface area contributed by atoms with E-state index in [1.807, 2.05) is 24.3 Å². The maximum Gasteiger partial charge on any atom is 0.318 e. The van der Waals surface area contributed by atoms with Gasteiger partial charge in [0.15, 0.2) is 0 Å². The second-order valence-corrected chi connectivity index (χ2v) is 3.95. The third-order valence-electron chi connectivity index (χ3n) is 2.49. The van der Waals surface area contributed by atoms with Crippen molar-refractivity contribution in [2.45, 2.75) is 13.2 Å². The summed E-state index contributed by atoms with van der Waals surface area (Å²) < 4.78 is 5.44. The maximum atomic E-state index is 8.66. The fourth-order valence-electron chi connectivity index (χ4n) is 1.52. The lowest BCUT2D eigenvalue weighted by Crippen LogP contribution is -2.13. The molecule has 0 saturated carbocycles. The molecule has 0 aliphatic rings. The van der Waals surface area contributed by atoms with Gasteiger partial charge in [0.2, 0.25) is 0 Å². The minimum atomic E-state index is -0.0301. The van der Waals surface area contributed by atoms with Gasteiger partial charge >= 0.3 is 6.01 Å². The molecule has 0 aliphatic carbocycles. The van der Waals surface area contributed by atoms with Crippen molar-refractivity contribution in [3.8, 4) is 6.01 Å². The molecule has 0 aliphatic heterocycles. The number of aromatic nitrogens is 2. The Bertz CT molecular complexity index is 516. The van der Waals surface area contributed by atoms with Gasteiger partial charge in [-0.05, 0) is 17.2 Å². The van der Waals surface area contributed by atoms with E-state index in [1.54, 1.807) is 12.3 Å². The van der Waals surface area contributed by atoms with Gasteiger partial charge < -0.3 is 15.6 Å². The van der Waals surface area contributed by atoms with Crippen LogP contribution in [0.25, 0.3) is 0 Å². The minimum absolute atomic E-state index is 0.0301. The Morgan fingerprint density at radius 2 is 1.89 bits per heavy atom. The number of rotatable bonds is 6. The summed E-state index contributed by atoms with van der Waals surface area (Å²) in [6, 6.07) is 9.74. The van der Waals surface area contributed by atoms with Gasteiger partial charge in [-0.25, -0.2) is 4.98 Å². The topological polar surface area (TPSA) is 93.3 Å². The van der Waals surface area contributed by atoms with Crippen LogP contribution in [0.1, 0.15) is 11.1 Å². The van der Waals surface area contributed by atoms with Gasteiger partial charge in [-0.1, -0.05) is 24.3 Å². The summed E-state index contributed by atoms with van der Waals surface area (Å²) in [5.41, 5.74) is 7.64. The van der Waals surface area contributed by atoms with E-state index in [0.29, 0.717) is 19.0 Å². The minimum Gasteiger partial charge on any atom is -0.459 e. The summed E-state index contributed by atoms with van der Waals surface area (Å²) in [5.74, 6) is 0.385. The highest BCUT2D eigenvalue weighted by Gasteiger charge is 2.00. The van der Waals surface area contributed by atoms with E-state index in [-0.39, 0.29) is 12.7 Å². The van der Waals surface area contributed by atoms with Crippen molar-refractivity contribution in [3.63, 3.8) is 0 Å². The van der Waals surface area contributed by atoms with Crippen LogP contribution in [-0.4, -0.2) is 21.8 Å². The number of nitrogens with two attached hydrogens (primary N) is 1. The van der Waals surface area contributed by atoms with Crippen molar-refractivity contribution in [1.82, 2.24) is 15.3 Å². The standard InChI is InChI=1S/C13H16N4O2/c14-12-5-6-16-13(17-12)19-8-11-3-1-10(2-4-11)7-15-9-18/h1-6,15,18H,7-9H2,(H2,14,16,17). The number of hydrogen-bond donors (Lipinski definition) is 3. The van der Waals surface area contributed by atoms with Crippen LogP contribution in [0.15, 0.2) is 36.5 Å². The van der Waals surface area contributed by atoms with E-state index in [9.17, 15) is 0 Å². The van der Waals surface area contributed by atoms with E-state index in [4.69, 9.17) is 15.6 Å². The van der Waals surface area contributed by atoms with Crippen LogP contribution in [0.2, 0.25) is 0 Å². The van der Waals surface area contributed by atoms with Crippen LogP contribution in [-0.2, 0) is 13.2 Å². The number of benzene rings is 1. The number of anilines is 1. The van der Waals surface area contributed by atoms with Crippen molar-refractivity contribution < 1.29 is 9.84 Å². The lowest BCUT2D eigenvalue weighted by Gasteiger charge is -2.06. The highest BCUT2D eigenvalue weighted by atomic mass is 16.5. The molecule has 6 nitrogen and oxygen atoms in total. The van der Waals surface area contributed by atoms with Crippen LogP contribution in [0.3, 0.4) is 0 Å². The van der Waals surface area contributed by atoms with Crippen LogP contribution >= 0.6 is 0 Å². The molecule has 1 aromatic heterocycles. The highest BCUT2D eigenvalue weighted by Crippen LogP contribution is 2.09. The van der Waals surface area contributed by atoms with E-state index < -0.39 is 0 Å². The number of hydrogen-bond acceptors (Lipinski definition) is 6. The second-order valence-electron chi connectivity index (χ2n) is 3.95. The van der Waals surface area contributed by atoms with Gasteiger partial charge in [0.1, 0.15) is 12.4 Å². The van der Waals surface area contributed by atoms with Crippen LogP contribution in [0.5, 0.6) is 6.01 Å². The average Bonchev–Trinajstić information content (AvgIpc) is 2.44. The fourth-order valence-corrected chi connectivity index (χ4v) is 1.52. The monoisotopic (exact) mass is 260 g/mol. The number of aliphatic hydroxyl groups is 1. The molecule has 1 aromatic carbocycles. The number of nitrogens with zero attached hydrogens (tertiary/aromatic N) is 2. The molecule has 2 rings (SSSR count). The number of ether oxygens (including phenoxy) is 1. The molecule has 6 heteroatoms. The molecule has 0 fully saturated rings. The zero-order valence-electron chi connectivity index (χ0n) is 10.4. The Hall–Kier alpha value is -2.18. The van der Waals surface area contributed by atoms with E-state index in [2.05, 4.69) is 15.3 Å². The third-order valence-corrected chi connectivity index (χ3v) is 2.49. The lowest BCUT2D eigenvalue weighted by atomic mass is 10.1.